The molecule has 0 aliphatic carbocycles. The molecule has 0 aliphatic rings. The van der Waals surface area contributed by atoms with Gasteiger partial charge in [0.05, 0.1) is 12.8 Å². The summed E-state index contributed by atoms with van der Waals surface area (Å²) in [5, 5.41) is 0. The third-order valence-corrected chi connectivity index (χ3v) is 2.60. The highest BCUT2D eigenvalue weighted by molar-refractivity contribution is 5.39. The van der Waals surface area contributed by atoms with Gasteiger partial charge in [-0.1, -0.05) is 19.1 Å². The Morgan fingerprint density at radius 1 is 1.35 bits per heavy atom. The molecule has 0 aliphatic heterocycles. The largest absolute Gasteiger partial charge is 0.497 e. The van der Waals surface area contributed by atoms with Crippen molar-refractivity contribution in [3.05, 3.63) is 58.5 Å². The van der Waals surface area contributed by atoms with Crippen LogP contribution in [0.2, 0.25) is 0 Å². The number of ether oxygens (including phenoxy) is 1. The lowest BCUT2D eigenvalue weighted by molar-refractivity contribution is 0.414. The van der Waals surface area contributed by atoms with E-state index in [0.717, 1.165) is 11.3 Å². The van der Waals surface area contributed by atoms with Crippen LogP contribution in [-0.4, -0.2) is 11.7 Å². The van der Waals surface area contributed by atoms with E-state index in [2.05, 4.69) is 0 Å². The maximum absolute atomic E-state index is 11.9. The third-order valence-electron chi connectivity index (χ3n) is 2.60. The van der Waals surface area contributed by atoms with E-state index in [9.17, 15) is 4.79 Å². The van der Waals surface area contributed by atoms with E-state index in [1.807, 2.05) is 18.2 Å². The fourth-order valence-corrected chi connectivity index (χ4v) is 1.64. The molecule has 1 aromatic heterocycles. The number of methoxy groups -OCH3 is 1. The van der Waals surface area contributed by atoms with Crippen molar-refractivity contribution in [3.63, 3.8) is 0 Å². The zero-order valence-corrected chi connectivity index (χ0v) is 9.88. The van der Waals surface area contributed by atoms with Gasteiger partial charge in [0.1, 0.15) is 5.75 Å². The third kappa shape index (κ3) is 2.38. The SMILES string of the molecule is [2H]C(C)c1ccc(=O)n(-c2cccc(OC)c2)c1. The van der Waals surface area contributed by atoms with Gasteiger partial charge in [-0.3, -0.25) is 9.36 Å². The minimum atomic E-state index is -0.359. The van der Waals surface area contributed by atoms with E-state index < -0.39 is 0 Å². The van der Waals surface area contributed by atoms with Crippen molar-refractivity contribution in [3.8, 4) is 11.4 Å². The van der Waals surface area contributed by atoms with Crippen molar-refractivity contribution in [1.29, 1.82) is 0 Å². The molecule has 2 rings (SSSR count). The van der Waals surface area contributed by atoms with E-state index in [-0.39, 0.29) is 12.0 Å². The van der Waals surface area contributed by atoms with Crippen LogP contribution >= 0.6 is 0 Å². The second-order valence-electron chi connectivity index (χ2n) is 3.66. The van der Waals surface area contributed by atoms with Gasteiger partial charge in [-0.25, -0.2) is 0 Å². The molecule has 0 fully saturated rings. The Morgan fingerprint density at radius 3 is 2.88 bits per heavy atom. The molecule has 0 saturated heterocycles. The molecule has 1 atom stereocenters. The Balaban J connectivity index is 2.55. The molecule has 0 bridgehead atoms. The van der Waals surface area contributed by atoms with Crippen molar-refractivity contribution in [1.82, 2.24) is 4.57 Å². The summed E-state index contributed by atoms with van der Waals surface area (Å²) >= 11 is 0. The van der Waals surface area contributed by atoms with Crippen molar-refractivity contribution < 1.29 is 6.11 Å². The first-order valence-electron chi connectivity index (χ1n) is 5.99. The van der Waals surface area contributed by atoms with E-state index in [1.165, 1.54) is 10.6 Å². The van der Waals surface area contributed by atoms with Crippen LogP contribution in [0.5, 0.6) is 5.75 Å². The van der Waals surface area contributed by atoms with Crippen molar-refractivity contribution in [2.24, 2.45) is 0 Å². The standard InChI is InChI=1S/C14H15NO2/c1-3-11-7-8-14(16)15(10-11)12-5-4-6-13(9-12)17-2/h4-10H,3H2,1-2H3/i3D. The zero-order valence-electron chi connectivity index (χ0n) is 10.9. The molecule has 0 radical (unpaired) electrons. The highest BCUT2D eigenvalue weighted by Gasteiger charge is 2.01. The molecule has 3 nitrogen and oxygen atoms in total. The average Bonchev–Trinajstić information content (AvgIpc) is 2.39. The van der Waals surface area contributed by atoms with Crippen LogP contribution in [0.1, 0.15) is 13.9 Å². The van der Waals surface area contributed by atoms with Gasteiger partial charge in [0.15, 0.2) is 0 Å². The molecule has 0 spiro atoms. The predicted molar refractivity (Wildman–Crippen MR) is 68.0 cm³/mol. The van der Waals surface area contributed by atoms with Crippen LogP contribution in [0.15, 0.2) is 47.4 Å². The van der Waals surface area contributed by atoms with E-state index >= 15 is 0 Å². The Labute approximate surface area is 102 Å². The van der Waals surface area contributed by atoms with Crippen molar-refractivity contribution in [2.45, 2.75) is 13.3 Å². The van der Waals surface area contributed by atoms with Crippen LogP contribution in [0, 0.1) is 0 Å². The molecule has 0 saturated carbocycles. The Morgan fingerprint density at radius 2 is 2.18 bits per heavy atom. The number of nitrogens with zero attached hydrogens (tertiary/aromatic N) is 1. The minimum Gasteiger partial charge on any atom is -0.497 e. The van der Waals surface area contributed by atoms with Crippen LogP contribution < -0.4 is 10.3 Å². The number of aryl methyl sites for hydroxylation is 1. The summed E-state index contributed by atoms with van der Waals surface area (Å²) in [5.74, 6) is 0.698. The van der Waals surface area contributed by atoms with Gasteiger partial charge in [0, 0.05) is 19.7 Å². The first-order valence-corrected chi connectivity index (χ1v) is 5.41. The Kier molecular flexibility index (Phi) is 2.91. The molecule has 17 heavy (non-hydrogen) atoms. The molecule has 1 aromatic carbocycles. The van der Waals surface area contributed by atoms with Gasteiger partial charge in [-0.2, -0.15) is 0 Å². The lowest BCUT2D eigenvalue weighted by atomic mass is 10.2. The molecule has 0 N–H and O–H groups in total. The van der Waals surface area contributed by atoms with Gasteiger partial charge in [-0.15, -0.1) is 0 Å². The fourth-order valence-electron chi connectivity index (χ4n) is 1.64. The van der Waals surface area contributed by atoms with Gasteiger partial charge in [0.2, 0.25) is 0 Å². The van der Waals surface area contributed by atoms with Crippen LogP contribution in [0.3, 0.4) is 0 Å². The number of aromatic nitrogens is 1. The minimum absolute atomic E-state index is 0.118. The first kappa shape index (κ1) is 10.1. The van der Waals surface area contributed by atoms with E-state index in [1.54, 1.807) is 32.4 Å². The van der Waals surface area contributed by atoms with Crippen molar-refractivity contribution in [2.75, 3.05) is 7.11 Å². The molecular weight excluding hydrogens is 214 g/mol. The summed E-state index contributed by atoms with van der Waals surface area (Å²) in [6, 6.07) is 10.5. The second kappa shape index (κ2) is 4.87. The predicted octanol–water partition coefficient (Wildman–Crippen LogP) is 2.41. The summed E-state index contributed by atoms with van der Waals surface area (Å²) in [6.07, 6.45) is 1.34. The number of hydrogen-bond acceptors (Lipinski definition) is 2. The average molecular weight is 230 g/mol. The quantitative estimate of drug-likeness (QED) is 0.810. The maximum Gasteiger partial charge on any atom is 0.255 e. The molecule has 2 aromatic rings. The molecular formula is C14H15NO2. The lowest BCUT2D eigenvalue weighted by Gasteiger charge is -2.08. The number of hydrogen-bond donors (Lipinski definition) is 0. The maximum atomic E-state index is 11.9. The molecule has 1 unspecified atom stereocenters. The first-order chi connectivity index (χ1) is 8.61. The van der Waals surface area contributed by atoms with Gasteiger partial charge < -0.3 is 4.74 Å². The topological polar surface area (TPSA) is 31.2 Å². The van der Waals surface area contributed by atoms with Gasteiger partial charge >= 0.3 is 0 Å². The summed E-state index contributed by atoms with van der Waals surface area (Å²) in [6.45, 7) is 1.77. The normalized spacial score (nSPS) is 12.9. The van der Waals surface area contributed by atoms with Gasteiger partial charge in [-0.05, 0) is 24.1 Å². The summed E-state index contributed by atoms with van der Waals surface area (Å²) in [4.78, 5) is 11.9. The Hall–Kier alpha value is -2.03. The second-order valence-corrected chi connectivity index (χ2v) is 3.66. The van der Waals surface area contributed by atoms with Crippen LogP contribution in [0.4, 0.5) is 0 Å². The van der Waals surface area contributed by atoms with Crippen LogP contribution in [-0.2, 0) is 6.40 Å². The summed E-state index contributed by atoms with van der Waals surface area (Å²) < 4.78 is 14.4. The molecule has 3 heteroatoms. The smallest absolute Gasteiger partial charge is 0.255 e. The monoisotopic (exact) mass is 230 g/mol. The highest BCUT2D eigenvalue weighted by Crippen LogP contribution is 2.15. The molecule has 1 heterocycles. The van der Waals surface area contributed by atoms with Gasteiger partial charge in [0.25, 0.3) is 5.56 Å². The summed E-state index contributed by atoms with van der Waals surface area (Å²) in [5.41, 5.74) is 1.42. The fraction of sp³-hybridized carbons (Fsp3) is 0.214. The number of pyridine rings is 1. The van der Waals surface area contributed by atoms with Crippen LogP contribution in [0.25, 0.3) is 5.69 Å². The summed E-state index contributed by atoms with van der Waals surface area (Å²) in [7, 11) is 1.59. The van der Waals surface area contributed by atoms with E-state index in [4.69, 9.17) is 6.11 Å². The highest BCUT2D eigenvalue weighted by atomic mass is 16.5. The van der Waals surface area contributed by atoms with E-state index in [0.29, 0.717) is 5.75 Å². The lowest BCUT2D eigenvalue weighted by Crippen LogP contribution is -2.16. The number of benzene rings is 1. The Bertz CT molecular complexity index is 605. The van der Waals surface area contributed by atoms with Crippen molar-refractivity contribution >= 4 is 0 Å². The number of rotatable bonds is 3. The zero-order chi connectivity index (χ0) is 13.1. The molecule has 88 valence electrons. The molecule has 0 amide bonds.